The van der Waals surface area contributed by atoms with Crippen LogP contribution >= 0.6 is 0 Å². The smallest absolute Gasteiger partial charge is 0.305 e. The number of anilines is 2. The summed E-state index contributed by atoms with van der Waals surface area (Å²) in [5, 5.41) is 8.88. The number of amides is 1. The molecule has 1 aliphatic rings. The summed E-state index contributed by atoms with van der Waals surface area (Å²) in [5.41, 5.74) is 1.90. The SMILES string of the molecule is CCN(CC)c1ccc(N(CCC(=O)O)C(=O)C2CC2)cc1. The van der Waals surface area contributed by atoms with Crippen LogP contribution in [0.5, 0.6) is 0 Å². The van der Waals surface area contributed by atoms with E-state index in [4.69, 9.17) is 5.11 Å². The minimum atomic E-state index is -0.881. The second-order valence-corrected chi connectivity index (χ2v) is 5.60. The van der Waals surface area contributed by atoms with Crippen LogP contribution in [0, 0.1) is 5.92 Å². The Morgan fingerprint density at radius 3 is 2.09 bits per heavy atom. The summed E-state index contributed by atoms with van der Waals surface area (Å²) >= 11 is 0. The molecular formula is C17H24N2O3. The Hall–Kier alpha value is -2.04. The van der Waals surface area contributed by atoms with Gasteiger partial charge in [-0.05, 0) is 51.0 Å². The van der Waals surface area contributed by atoms with E-state index in [1.807, 2.05) is 24.3 Å². The van der Waals surface area contributed by atoms with Crippen LogP contribution in [0.3, 0.4) is 0 Å². The molecule has 1 N–H and O–H groups in total. The lowest BCUT2D eigenvalue weighted by Gasteiger charge is -2.25. The Balaban J connectivity index is 2.15. The predicted octanol–water partition coefficient (Wildman–Crippen LogP) is 2.75. The third kappa shape index (κ3) is 4.00. The van der Waals surface area contributed by atoms with E-state index >= 15 is 0 Å². The normalized spacial score (nSPS) is 13.7. The van der Waals surface area contributed by atoms with Gasteiger partial charge in [0.25, 0.3) is 0 Å². The van der Waals surface area contributed by atoms with E-state index in [0.29, 0.717) is 0 Å². The lowest BCUT2D eigenvalue weighted by molar-refractivity contribution is -0.136. The standard InChI is InChI=1S/C17H24N2O3/c1-3-18(4-2)14-7-9-15(10-8-14)19(12-11-16(20)21)17(22)13-5-6-13/h7-10,13H,3-6,11-12H2,1-2H3,(H,20,21). The number of carbonyl (C=O) groups is 2. The van der Waals surface area contributed by atoms with Crippen LogP contribution in [0.4, 0.5) is 11.4 Å². The molecule has 1 aromatic rings. The summed E-state index contributed by atoms with van der Waals surface area (Å²) in [6.07, 6.45) is 1.80. The highest BCUT2D eigenvalue weighted by Gasteiger charge is 2.34. The van der Waals surface area contributed by atoms with Crippen LogP contribution in [0.2, 0.25) is 0 Å². The zero-order chi connectivity index (χ0) is 16.1. The molecular weight excluding hydrogens is 280 g/mol. The van der Waals surface area contributed by atoms with E-state index in [2.05, 4.69) is 18.7 Å². The average Bonchev–Trinajstić information content (AvgIpc) is 3.34. The first kappa shape index (κ1) is 16.3. The lowest BCUT2D eigenvalue weighted by atomic mass is 10.2. The van der Waals surface area contributed by atoms with E-state index in [0.717, 1.165) is 37.3 Å². The highest BCUT2D eigenvalue weighted by molar-refractivity contribution is 5.97. The molecule has 0 radical (unpaired) electrons. The molecule has 0 bridgehead atoms. The van der Waals surface area contributed by atoms with E-state index in [9.17, 15) is 9.59 Å². The molecule has 0 saturated heterocycles. The minimum Gasteiger partial charge on any atom is -0.481 e. The number of rotatable bonds is 8. The van der Waals surface area contributed by atoms with Crippen molar-refractivity contribution in [3.63, 3.8) is 0 Å². The van der Waals surface area contributed by atoms with Crippen molar-refractivity contribution in [2.45, 2.75) is 33.1 Å². The predicted molar refractivity (Wildman–Crippen MR) is 87.3 cm³/mol. The van der Waals surface area contributed by atoms with Gasteiger partial charge in [0, 0.05) is 36.9 Å². The van der Waals surface area contributed by atoms with Crippen molar-refractivity contribution in [1.29, 1.82) is 0 Å². The van der Waals surface area contributed by atoms with Crippen LogP contribution < -0.4 is 9.80 Å². The number of carbonyl (C=O) groups excluding carboxylic acids is 1. The topological polar surface area (TPSA) is 60.9 Å². The molecule has 1 saturated carbocycles. The van der Waals surface area contributed by atoms with Crippen molar-refractivity contribution >= 4 is 23.3 Å². The first-order valence-corrected chi connectivity index (χ1v) is 7.95. The maximum atomic E-state index is 12.4. The van der Waals surface area contributed by atoms with Crippen LogP contribution in [0.15, 0.2) is 24.3 Å². The van der Waals surface area contributed by atoms with Crippen LogP contribution in [0.1, 0.15) is 33.1 Å². The summed E-state index contributed by atoms with van der Waals surface area (Å²) in [4.78, 5) is 27.0. The Labute approximate surface area is 131 Å². The van der Waals surface area contributed by atoms with Crippen molar-refractivity contribution < 1.29 is 14.7 Å². The van der Waals surface area contributed by atoms with Gasteiger partial charge in [-0.2, -0.15) is 0 Å². The van der Waals surface area contributed by atoms with Crippen molar-refractivity contribution in [1.82, 2.24) is 0 Å². The van der Waals surface area contributed by atoms with Crippen LogP contribution in [-0.2, 0) is 9.59 Å². The van der Waals surface area contributed by atoms with Gasteiger partial charge in [0.15, 0.2) is 0 Å². The zero-order valence-electron chi connectivity index (χ0n) is 13.3. The molecule has 1 aromatic carbocycles. The molecule has 5 nitrogen and oxygen atoms in total. The molecule has 5 heteroatoms. The molecule has 0 heterocycles. The van der Waals surface area contributed by atoms with Gasteiger partial charge in [-0.15, -0.1) is 0 Å². The van der Waals surface area contributed by atoms with Gasteiger partial charge in [-0.25, -0.2) is 0 Å². The fourth-order valence-corrected chi connectivity index (χ4v) is 2.56. The number of carboxylic acid groups (broad SMARTS) is 1. The molecule has 0 atom stereocenters. The number of aliphatic carboxylic acids is 1. The highest BCUT2D eigenvalue weighted by atomic mass is 16.4. The van der Waals surface area contributed by atoms with Crippen molar-refractivity contribution in [3.05, 3.63) is 24.3 Å². The molecule has 0 aliphatic heterocycles. The number of hydrogen-bond donors (Lipinski definition) is 1. The Bertz CT molecular complexity index is 519. The van der Waals surface area contributed by atoms with E-state index in [1.165, 1.54) is 0 Å². The van der Waals surface area contributed by atoms with E-state index in [-0.39, 0.29) is 24.8 Å². The molecule has 1 aliphatic carbocycles. The zero-order valence-corrected chi connectivity index (χ0v) is 13.3. The van der Waals surface area contributed by atoms with Crippen LogP contribution in [-0.4, -0.2) is 36.6 Å². The second-order valence-electron chi connectivity index (χ2n) is 5.60. The largest absolute Gasteiger partial charge is 0.481 e. The summed E-state index contributed by atoms with van der Waals surface area (Å²) in [5.74, 6) is -0.749. The molecule has 1 amide bonds. The second kappa shape index (κ2) is 7.29. The monoisotopic (exact) mass is 304 g/mol. The number of nitrogens with zero attached hydrogens (tertiary/aromatic N) is 2. The Kier molecular flexibility index (Phi) is 5.41. The molecule has 0 unspecified atom stereocenters. The molecule has 22 heavy (non-hydrogen) atoms. The summed E-state index contributed by atoms with van der Waals surface area (Å²) in [7, 11) is 0. The molecule has 0 spiro atoms. The van der Waals surface area contributed by atoms with Crippen molar-refractivity contribution in [2.75, 3.05) is 29.4 Å². The summed E-state index contributed by atoms with van der Waals surface area (Å²) < 4.78 is 0. The number of hydrogen-bond acceptors (Lipinski definition) is 3. The van der Waals surface area contributed by atoms with E-state index in [1.54, 1.807) is 4.90 Å². The fraction of sp³-hybridized carbons (Fsp3) is 0.529. The average molecular weight is 304 g/mol. The Morgan fingerprint density at radius 1 is 1.09 bits per heavy atom. The summed E-state index contributed by atoms with van der Waals surface area (Å²) in [6, 6.07) is 7.82. The van der Waals surface area contributed by atoms with Gasteiger partial charge in [0.05, 0.1) is 6.42 Å². The third-order valence-electron chi connectivity index (χ3n) is 4.03. The number of carboxylic acids is 1. The minimum absolute atomic E-state index is 0.0315. The third-order valence-corrected chi connectivity index (χ3v) is 4.03. The van der Waals surface area contributed by atoms with Crippen molar-refractivity contribution in [2.24, 2.45) is 5.92 Å². The number of benzene rings is 1. The Morgan fingerprint density at radius 2 is 1.64 bits per heavy atom. The maximum absolute atomic E-state index is 12.4. The van der Waals surface area contributed by atoms with Gasteiger partial charge in [0.1, 0.15) is 0 Å². The first-order chi connectivity index (χ1) is 10.6. The highest BCUT2D eigenvalue weighted by Crippen LogP contribution is 2.33. The lowest BCUT2D eigenvalue weighted by Crippen LogP contribution is -2.34. The summed E-state index contributed by atoms with van der Waals surface area (Å²) in [6.45, 7) is 6.30. The van der Waals surface area contributed by atoms with Gasteiger partial charge in [-0.3, -0.25) is 9.59 Å². The van der Waals surface area contributed by atoms with Gasteiger partial charge < -0.3 is 14.9 Å². The quantitative estimate of drug-likeness (QED) is 0.802. The van der Waals surface area contributed by atoms with Crippen LogP contribution in [0.25, 0.3) is 0 Å². The molecule has 0 aromatic heterocycles. The van der Waals surface area contributed by atoms with E-state index < -0.39 is 5.97 Å². The van der Waals surface area contributed by atoms with Crippen molar-refractivity contribution in [3.8, 4) is 0 Å². The van der Waals surface area contributed by atoms with Gasteiger partial charge >= 0.3 is 5.97 Å². The molecule has 2 rings (SSSR count). The molecule has 120 valence electrons. The van der Waals surface area contributed by atoms with Gasteiger partial charge in [0.2, 0.25) is 5.91 Å². The fourth-order valence-electron chi connectivity index (χ4n) is 2.56. The first-order valence-electron chi connectivity index (χ1n) is 7.95. The molecule has 1 fully saturated rings. The van der Waals surface area contributed by atoms with Gasteiger partial charge in [-0.1, -0.05) is 0 Å². The maximum Gasteiger partial charge on any atom is 0.305 e.